The van der Waals surface area contributed by atoms with Gasteiger partial charge in [-0.05, 0) is 24.3 Å². The van der Waals surface area contributed by atoms with E-state index in [0.29, 0.717) is 28.9 Å². The van der Waals surface area contributed by atoms with Gasteiger partial charge in [-0.15, -0.1) is 0 Å². The van der Waals surface area contributed by atoms with Gasteiger partial charge in [-0.2, -0.15) is 5.10 Å². The highest BCUT2D eigenvalue weighted by molar-refractivity contribution is 6.30. The summed E-state index contributed by atoms with van der Waals surface area (Å²) in [6.07, 6.45) is 4.69. The maximum atomic E-state index is 12.1. The van der Waals surface area contributed by atoms with E-state index < -0.39 is 0 Å². The Bertz CT molecular complexity index is 810. The van der Waals surface area contributed by atoms with E-state index in [9.17, 15) is 4.79 Å². The largest absolute Gasteiger partial charge is 0.453 e. The number of ether oxygens (including phenoxy) is 1. The molecule has 0 aliphatic heterocycles. The van der Waals surface area contributed by atoms with Crippen molar-refractivity contribution < 1.29 is 13.9 Å². The average Bonchev–Trinajstić information content (AvgIpc) is 3.18. The molecule has 0 saturated heterocycles. The van der Waals surface area contributed by atoms with Gasteiger partial charge >= 0.3 is 0 Å². The van der Waals surface area contributed by atoms with E-state index in [-0.39, 0.29) is 11.7 Å². The molecule has 0 saturated carbocycles. The predicted octanol–water partition coefficient (Wildman–Crippen LogP) is 2.91. The summed E-state index contributed by atoms with van der Waals surface area (Å²) >= 11 is 5.82. The molecule has 3 aromatic rings. The number of hydrogen-bond donors (Lipinski definition) is 1. The van der Waals surface area contributed by atoms with Crippen molar-refractivity contribution in [3.05, 3.63) is 59.4 Å². The molecule has 0 aliphatic rings. The molecule has 0 bridgehead atoms. The lowest BCUT2D eigenvalue weighted by molar-refractivity contribution is 0.0987. The number of anilines is 1. The maximum absolute atomic E-state index is 12.1. The van der Waals surface area contributed by atoms with Gasteiger partial charge in [-0.1, -0.05) is 11.6 Å². The Balaban J connectivity index is 1.68. The van der Waals surface area contributed by atoms with Crippen LogP contribution in [0.15, 0.2) is 47.3 Å². The van der Waals surface area contributed by atoms with Crippen LogP contribution in [0, 0.1) is 0 Å². The number of halogens is 1. The summed E-state index contributed by atoms with van der Waals surface area (Å²) < 4.78 is 11.8. The van der Waals surface area contributed by atoms with Crippen molar-refractivity contribution in [1.82, 2.24) is 14.8 Å². The molecule has 3 aromatic heterocycles. The Labute approximate surface area is 136 Å². The Morgan fingerprint density at radius 3 is 2.87 bits per heavy atom. The number of nitrogens with zero attached hydrogens (tertiary/aromatic N) is 3. The molecule has 0 unspecified atom stereocenters. The fraction of sp³-hybridized carbons (Fsp3) is 0.133. The van der Waals surface area contributed by atoms with E-state index in [1.807, 2.05) is 0 Å². The predicted molar refractivity (Wildman–Crippen MR) is 83.7 cm³/mol. The topological polar surface area (TPSA) is 82.2 Å². The highest BCUT2D eigenvalue weighted by atomic mass is 35.5. The minimum absolute atomic E-state index is 0.208. The lowest BCUT2D eigenvalue weighted by Crippen LogP contribution is -2.11. The summed E-state index contributed by atoms with van der Waals surface area (Å²) in [6, 6.07) is 6.73. The molecule has 7 nitrogen and oxygen atoms in total. The molecule has 8 heteroatoms. The first-order valence-electron chi connectivity index (χ1n) is 6.71. The van der Waals surface area contributed by atoms with Crippen molar-refractivity contribution in [3.63, 3.8) is 0 Å². The van der Waals surface area contributed by atoms with Crippen molar-refractivity contribution in [2.45, 2.75) is 6.61 Å². The molecular formula is C15H13ClN4O3. The Kier molecular flexibility index (Phi) is 4.40. The van der Waals surface area contributed by atoms with Crippen LogP contribution in [0.5, 0.6) is 0 Å². The molecule has 23 heavy (non-hydrogen) atoms. The first kappa shape index (κ1) is 15.3. The van der Waals surface area contributed by atoms with E-state index in [4.69, 9.17) is 20.8 Å². The van der Waals surface area contributed by atoms with Gasteiger partial charge in [0.25, 0.3) is 5.91 Å². The van der Waals surface area contributed by atoms with Crippen molar-refractivity contribution in [1.29, 1.82) is 0 Å². The van der Waals surface area contributed by atoms with Crippen LogP contribution in [0.2, 0.25) is 5.02 Å². The number of methoxy groups -OCH3 is 1. The van der Waals surface area contributed by atoms with Crippen LogP contribution in [-0.4, -0.2) is 27.8 Å². The van der Waals surface area contributed by atoms with Crippen LogP contribution in [0.25, 0.3) is 5.82 Å². The number of amides is 1. The average molecular weight is 333 g/mol. The molecule has 1 amide bonds. The molecule has 0 fully saturated rings. The number of nitrogens with one attached hydrogen (secondary N) is 1. The molecule has 1 N–H and O–H groups in total. The first-order chi connectivity index (χ1) is 11.2. The highest BCUT2D eigenvalue weighted by Crippen LogP contribution is 2.14. The molecule has 0 radical (unpaired) electrons. The van der Waals surface area contributed by atoms with Crippen molar-refractivity contribution >= 4 is 23.2 Å². The molecule has 0 aliphatic carbocycles. The minimum Gasteiger partial charge on any atom is -0.453 e. The van der Waals surface area contributed by atoms with Crippen molar-refractivity contribution in [2.24, 2.45) is 0 Å². The molecule has 3 rings (SSSR count). The van der Waals surface area contributed by atoms with E-state index in [0.717, 1.165) is 0 Å². The zero-order valence-corrected chi connectivity index (χ0v) is 12.9. The van der Waals surface area contributed by atoms with Crippen LogP contribution in [0.3, 0.4) is 0 Å². The summed E-state index contributed by atoms with van der Waals surface area (Å²) in [7, 11) is 1.56. The number of furan rings is 1. The molecule has 118 valence electrons. The van der Waals surface area contributed by atoms with Gasteiger partial charge in [0.2, 0.25) is 0 Å². The van der Waals surface area contributed by atoms with Gasteiger partial charge < -0.3 is 14.5 Å². The van der Waals surface area contributed by atoms with Gasteiger partial charge in [0, 0.05) is 7.11 Å². The zero-order valence-electron chi connectivity index (χ0n) is 12.2. The second kappa shape index (κ2) is 6.64. The normalized spacial score (nSPS) is 10.7. The van der Waals surface area contributed by atoms with Crippen LogP contribution in [0.1, 0.15) is 16.3 Å². The number of hydrogen-bond acceptors (Lipinski definition) is 5. The lowest BCUT2D eigenvalue weighted by atomic mass is 10.3. The van der Waals surface area contributed by atoms with Crippen LogP contribution in [-0.2, 0) is 11.3 Å². The first-order valence-corrected chi connectivity index (χ1v) is 7.09. The number of rotatable bonds is 5. The highest BCUT2D eigenvalue weighted by Gasteiger charge is 2.12. The quantitative estimate of drug-likeness (QED) is 0.776. The van der Waals surface area contributed by atoms with Gasteiger partial charge in [0.05, 0.1) is 29.3 Å². The third-order valence-corrected chi connectivity index (χ3v) is 3.16. The summed E-state index contributed by atoms with van der Waals surface area (Å²) in [4.78, 5) is 16.3. The number of carbonyl (C=O) groups excluding carboxylic acids is 1. The van der Waals surface area contributed by atoms with Crippen LogP contribution < -0.4 is 5.32 Å². The second-order valence-electron chi connectivity index (χ2n) is 4.66. The Morgan fingerprint density at radius 2 is 2.22 bits per heavy atom. The SMILES string of the molecule is COCc1ccc(C(=O)Nc2ccc(-n3cc(Cl)cn3)nc2)o1. The Morgan fingerprint density at radius 1 is 1.35 bits per heavy atom. The summed E-state index contributed by atoms with van der Waals surface area (Å²) in [6.45, 7) is 0.315. The van der Waals surface area contributed by atoms with E-state index in [1.54, 1.807) is 37.6 Å². The second-order valence-corrected chi connectivity index (χ2v) is 5.10. The molecule has 0 atom stereocenters. The summed E-state index contributed by atoms with van der Waals surface area (Å²) in [5.74, 6) is 1.03. The number of pyridine rings is 1. The van der Waals surface area contributed by atoms with E-state index >= 15 is 0 Å². The molecule has 0 spiro atoms. The third kappa shape index (κ3) is 3.58. The number of carbonyl (C=O) groups is 1. The van der Waals surface area contributed by atoms with Gasteiger partial charge in [-0.3, -0.25) is 4.79 Å². The van der Waals surface area contributed by atoms with Crippen molar-refractivity contribution in [2.75, 3.05) is 12.4 Å². The fourth-order valence-electron chi connectivity index (χ4n) is 1.93. The smallest absolute Gasteiger partial charge is 0.291 e. The van der Waals surface area contributed by atoms with Gasteiger partial charge in [0.15, 0.2) is 11.6 Å². The molecule has 3 heterocycles. The lowest BCUT2D eigenvalue weighted by Gasteiger charge is -2.04. The molecule has 0 aromatic carbocycles. The minimum atomic E-state index is -0.357. The monoisotopic (exact) mass is 332 g/mol. The number of aromatic nitrogens is 3. The van der Waals surface area contributed by atoms with E-state index in [2.05, 4.69) is 15.4 Å². The fourth-order valence-corrected chi connectivity index (χ4v) is 2.07. The molecular weight excluding hydrogens is 320 g/mol. The summed E-state index contributed by atoms with van der Waals surface area (Å²) in [5.41, 5.74) is 0.543. The van der Waals surface area contributed by atoms with Crippen molar-refractivity contribution in [3.8, 4) is 5.82 Å². The van der Waals surface area contributed by atoms with Crippen LogP contribution in [0.4, 0.5) is 5.69 Å². The third-order valence-electron chi connectivity index (χ3n) is 2.96. The van der Waals surface area contributed by atoms with Crippen LogP contribution >= 0.6 is 11.6 Å². The summed E-state index contributed by atoms with van der Waals surface area (Å²) in [5, 5.41) is 7.28. The standard InChI is InChI=1S/C15H13ClN4O3/c1-22-9-12-3-4-13(23-12)15(21)19-11-2-5-14(17-7-11)20-8-10(16)6-18-20/h2-8H,9H2,1H3,(H,19,21). The van der Waals surface area contributed by atoms with Gasteiger partial charge in [-0.25, -0.2) is 9.67 Å². The zero-order chi connectivity index (χ0) is 16.2. The van der Waals surface area contributed by atoms with Gasteiger partial charge in [0.1, 0.15) is 12.4 Å². The van der Waals surface area contributed by atoms with E-state index in [1.165, 1.54) is 17.1 Å². The Hall–Kier alpha value is -2.64. The maximum Gasteiger partial charge on any atom is 0.291 e.